The SMILES string of the molecule is CCc1nn(CC)c(CN2CCOC(CBr)C2)c1Cl. The van der Waals surface area contributed by atoms with Gasteiger partial charge in [0.05, 0.1) is 29.1 Å². The van der Waals surface area contributed by atoms with Crippen molar-refractivity contribution in [3.63, 3.8) is 0 Å². The molecule has 1 aromatic rings. The average Bonchev–Trinajstić information content (AvgIpc) is 2.75. The molecule has 0 radical (unpaired) electrons. The van der Waals surface area contributed by atoms with Gasteiger partial charge in [-0.05, 0) is 13.3 Å². The molecule has 1 unspecified atom stereocenters. The fraction of sp³-hybridized carbons (Fsp3) is 0.769. The summed E-state index contributed by atoms with van der Waals surface area (Å²) in [6, 6.07) is 0. The maximum Gasteiger partial charge on any atom is 0.0863 e. The number of ether oxygens (including phenoxy) is 1. The van der Waals surface area contributed by atoms with E-state index >= 15 is 0 Å². The number of hydrogen-bond donors (Lipinski definition) is 0. The zero-order chi connectivity index (χ0) is 13.8. The molecule has 0 aliphatic carbocycles. The number of hydrogen-bond acceptors (Lipinski definition) is 3. The van der Waals surface area contributed by atoms with Gasteiger partial charge in [0.25, 0.3) is 0 Å². The van der Waals surface area contributed by atoms with Gasteiger partial charge in [0.2, 0.25) is 0 Å². The van der Waals surface area contributed by atoms with Crippen LogP contribution in [0.3, 0.4) is 0 Å². The van der Waals surface area contributed by atoms with E-state index < -0.39 is 0 Å². The lowest BCUT2D eigenvalue weighted by Crippen LogP contribution is -2.43. The summed E-state index contributed by atoms with van der Waals surface area (Å²) in [4.78, 5) is 2.39. The van der Waals surface area contributed by atoms with E-state index in [0.29, 0.717) is 0 Å². The van der Waals surface area contributed by atoms with Gasteiger partial charge in [-0.2, -0.15) is 5.10 Å². The third-order valence-electron chi connectivity index (χ3n) is 3.46. The number of morpholine rings is 1. The summed E-state index contributed by atoms with van der Waals surface area (Å²) in [5.74, 6) is 0. The lowest BCUT2D eigenvalue weighted by atomic mass is 10.2. The second-order valence-electron chi connectivity index (χ2n) is 4.76. The monoisotopic (exact) mass is 349 g/mol. The van der Waals surface area contributed by atoms with Gasteiger partial charge in [0.15, 0.2) is 0 Å². The van der Waals surface area contributed by atoms with E-state index in [0.717, 1.165) is 60.9 Å². The third-order valence-corrected chi connectivity index (χ3v) is 4.62. The molecule has 0 aromatic carbocycles. The van der Waals surface area contributed by atoms with Gasteiger partial charge in [-0.15, -0.1) is 0 Å². The molecule has 1 fully saturated rings. The number of halogens is 2. The normalized spacial score (nSPS) is 20.9. The molecule has 2 rings (SSSR count). The van der Waals surface area contributed by atoms with Crippen LogP contribution in [-0.2, 0) is 24.2 Å². The van der Waals surface area contributed by atoms with Crippen molar-refractivity contribution in [2.45, 2.75) is 39.5 Å². The number of aryl methyl sites for hydroxylation is 2. The Morgan fingerprint density at radius 1 is 1.47 bits per heavy atom. The largest absolute Gasteiger partial charge is 0.375 e. The maximum atomic E-state index is 6.45. The van der Waals surface area contributed by atoms with E-state index in [1.165, 1.54) is 0 Å². The van der Waals surface area contributed by atoms with Crippen molar-refractivity contribution in [1.82, 2.24) is 14.7 Å². The molecule has 4 nitrogen and oxygen atoms in total. The highest BCUT2D eigenvalue weighted by molar-refractivity contribution is 9.09. The summed E-state index contributed by atoms with van der Waals surface area (Å²) in [7, 11) is 0. The molecule has 0 bridgehead atoms. The fourth-order valence-electron chi connectivity index (χ4n) is 2.40. The smallest absolute Gasteiger partial charge is 0.0863 e. The standard InChI is InChI=1S/C13H21BrClN3O/c1-3-11-13(15)12(18(4-2)16-11)9-17-5-6-19-10(7-14)8-17/h10H,3-9H2,1-2H3. The Labute approximate surface area is 128 Å². The van der Waals surface area contributed by atoms with Crippen LogP contribution in [0.4, 0.5) is 0 Å². The summed E-state index contributed by atoms with van der Waals surface area (Å²) in [6.45, 7) is 8.59. The summed E-state index contributed by atoms with van der Waals surface area (Å²) >= 11 is 9.93. The average molecular weight is 351 g/mol. The quantitative estimate of drug-likeness (QED) is 0.765. The molecular formula is C13H21BrClN3O. The highest BCUT2D eigenvalue weighted by atomic mass is 79.9. The number of nitrogens with zero attached hydrogens (tertiary/aromatic N) is 3. The van der Waals surface area contributed by atoms with Gasteiger partial charge >= 0.3 is 0 Å². The molecule has 108 valence electrons. The van der Waals surface area contributed by atoms with Crippen molar-refractivity contribution in [3.05, 3.63) is 16.4 Å². The molecule has 0 saturated carbocycles. The minimum absolute atomic E-state index is 0.274. The summed E-state index contributed by atoms with van der Waals surface area (Å²) in [5, 5.41) is 6.29. The highest BCUT2D eigenvalue weighted by Crippen LogP contribution is 2.24. The van der Waals surface area contributed by atoms with Gasteiger partial charge < -0.3 is 4.74 Å². The molecule has 1 aliphatic heterocycles. The Kier molecular flexibility index (Phi) is 5.69. The first kappa shape index (κ1) is 15.3. The fourth-order valence-corrected chi connectivity index (χ4v) is 3.12. The van der Waals surface area contributed by atoms with Crippen LogP contribution in [-0.4, -0.2) is 45.8 Å². The van der Waals surface area contributed by atoms with Crippen LogP contribution in [0.15, 0.2) is 0 Å². The van der Waals surface area contributed by atoms with Gasteiger partial charge in [-0.3, -0.25) is 9.58 Å². The van der Waals surface area contributed by atoms with Crippen LogP contribution in [0.5, 0.6) is 0 Å². The highest BCUT2D eigenvalue weighted by Gasteiger charge is 2.23. The molecule has 6 heteroatoms. The number of alkyl halides is 1. The van der Waals surface area contributed by atoms with Crippen molar-refractivity contribution in [3.8, 4) is 0 Å². The molecule has 0 N–H and O–H groups in total. The molecule has 0 spiro atoms. The van der Waals surface area contributed by atoms with Crippen LogP contribution >= 0.6 is 27.5 Å². The molecule has 1 saturated heterocycles. The van der Waals surface area contributed by atoms with Gasteiger partial charge in [0.1, 0.15) is 0 Å². The van der Waals surface area contributed by atoms with E-state index in [1.807, 2.05) is 4.68 Å². The van der Waals surface area contributed by atoms with E-state index in [-0.39, 0.29) is 6.10 Å². The van der Waals surface area contributed by atoms with Crippen molar-refractivity contribution < 1.29 is 4.74 Å². The van der Waals surface area contributed by atoms with Gasteiger partial charge in [0, 0.05) is 31.5 Å². The molecular weight excluding hydrogens is 330 g/mol. The maximum absolute atomic E-state index is 6.45. The number of aromatic nitrogens is 2. The molecule has 2 heterocycles. The molecule has 1 aromatic heterocycles. The van der Waals surface area contributed by atoms with Gasteiger partial charge in [-0.1, -0.05) is 34.5 Å². The zero-order valence-corrected chi connectivity index (χ0v) is 13.9. The predicted octanol–water partition coefficient (Wildman–Crippen LogP) is 2.71. The minimum atomic E-state index is 0.274. The molecule has 1 atom stereocenters. The Morgan fingerprint density at radius 3 is 2.89 bits per heavy atom. The lowest BCUT2D eigenvalue weighted by Gasteiger charge is -2.32. The van der Waals surface area contributed by atoms with Crippen molar-refractivity contribution in [2.75, 3.05) is 25.0 Å². The van der Waals surface area contributed by atoms with E-state index in [1.54, 1.807) is 0 Å². The van der Waals surface area contributed by atoms with Gasteiger partial charge in [-0.25, -0.2) is 0 Å². The molecule has 19 heavy (non-hydrogen) atoms. The molecule has 0 amide bonds. The first-order valence-corrected chi connectivity index (χ1v) is 8.33. The van der Waals surface area contributed by atoms with Crippen LogP contribution in [0.1, 0.15) is 25.2 Å². The van der Waals surface area contributed by atoms with Crippen LogP contribution in [0.25, 0.3) is 0 Å². The Balaban J connectivity index is 2.11. The topological polar surface area (TPSA) is 30.3 Å². The first-order valence-electron chi connectivity index (χ1n) is 6.83. The van der Waals surface area contributed by atoms with E-state index in [2.05, 4.69) is 39.8 Å². The minimum Gasteiger partial charge on any atom is -0.375 e. The summed E-state index contributed by atoms with van der Waals surface area (Å²) < 4.78 is 7.69. The summed E-state index contributed by atoms with van der Waals surface area (Å²) in [6.07, 6.45) is 1.16. The Bertz CT molecular complexity index is 424. The Hall–Kier alpha value is -0.100. The van der Waals surface area contributed by atoms with Crippen LogP contribution in [0.2, 0.25) is 5.02 Å². The first-order chi connectivity index (χ1) is 9.19. The second kappa shape index (κ2) is 7.07. The predicted molar refractivity (Wildman–Crippen MR) is 81.1 cm³/mol. The number of rotatable bonds is 5. The summed E-state index contributed by atoms with van der Waals surface area (Å²) in [5.41, 5.74) is 2.14. The van der Waals surface area contributed by atoms with E-state index in [4.69, 9.17) is 16.3 Å². The zero-order valence-electron chi connectivity index (χ0n) is 11.5. The third kappa shape index (κ3) is 3.51. The van der Waals surface area contributed by atoms with Crippen molar-refractivity contribution in [2.24, 2.45) is 0 Å². The van der Waals surface area contributed by atoms with E-state index in [9.17, 15) is 0 Å². The van der Waals surface area contributed by atoms with Crippen molar-refractivity contribution in [1.29, 1.82) is 0 Å². The van der Waals surface area contributed by atoms with Crippen LogP contribution in [0, 0.1) is 0 Å². The van der Waals surface area contributed by atoms with Crippen molar-refractivity contribution >= 4 is 27.5 Å². The Morgan fingerprint density at radius 2 is 2.26 bits per heavy atom. The molecule has 1 aliphatic rings. The second-order valence-corrected chi connectivity index (χ2v) is 5.78. The lowest BCUT2D eigenvalue weighted by molar-refractivity contribution is -0.0189. The van der Waals surface area contributed by atoms with Crippen LogP contribution < -0.4 is 0 Å².